The molecule has 1 aliphatic rings. The Morgan fingerprint density at radius 2 is 1.26 bits per heavy atom. The van der Waals surface area contributed by atoms with Gasteiger partial charge in [0.1, 0.15) is 11.6 Å². The van der Waals surface area contributed by atoms with Crippen molar-refractivity contribution < 1.29 is 9.59 Å². The van der Waals surface area contributed by atoms with Crippen LogP contribution < -0.4 is 0 Å². The third kappa shape index (κ3) is 6.35. The van der Waals surface area contributed by atoms with Gasteiger partial charge < -0.3 is 0 Å². The van der Waals surface area contributed by atoms with Crippen molar-refractivity contribution in [1.82, 2.24) is 0 Å². The molecule has 0 saturated heterocycles. The van der Waals surface area contributed by atoms with E-state index in [-0.39, 0.29) is 17.3 Å². The van der Waals surface area contributed by atoms with Crippen LogP contribution in [0.15, 0.2) is 0 Å². The Morgan fingerprint density at radius 1 is 0.895 bits per heavy atom. The third-order valence-electron chi connectivity index (χ3n) is 3.64. The average Bonchev–Trinajstić information content (AvgIpc) is 2.37. The molecule has 1 aliphatic carbocycles. The smallest absolute Gasteiger partial charge is 0.141 e. The minimum absolute atomic E-state index is 0.195. The van der Waals surface area contributed by atoms with Gasteiger partial charge in [-0.3, -0.25) is 9.59 Å². The average molecular weight is 268 g/mol. The third-order valence-corrected chi connectivity index (χ3v) is 3.64. The minimum atomic E-state index is -0.230. The Kier molecular flexibility index (Phi) is 8.20. The van der Waals surface area contributed by atoms with Crippen LogP contribution in [0.25, 0.3) is 0 Å². The van der Waals surface area contributed by atoms with E-state index in [2.05, 4.69) is 13.8 Å². The Balaban J connectivity index is 0.000000982. The molecule has 0 aliphatic heterocycles. The zero-order valence-corrected chi connectivity index (χ0v) is 13.7. The highest BCUT2D eigenvalue weighted by Gasteiger charge is 2.33. The SMILES string of the molecule is CCC.CCC(=O)C1CCC(C(=O)C(C)(C)C)CC1. The fourth-order valence-electron chi connectivity index (χ4n) is 2.58. The molecule has 0 spiro atoms. The van der Waals surface area contributed by atoms with Crippen LogP contribution in [-0.4, -0.2) is 11.6 Å². The van der Waals surface area contributed by atoms with Crippen LogP contribution in [-0.2, 0) is 9.59 Å². The normalized spacial score (nSPS) is 23.3. The summed E-state index contributed by atoms with van der Waals surface area (Å²) in [5.74, 6) is 1.17. The van der Waals surface area contributed by atoms with Crippen molar-refractivity contribution in [1.29, 1.82) is 0 Å². The number of Topliss-reactive ketones (excluding diaryl/α,β-unsaturated/α-hetero) is 2. The maximum absolute atomic E-state index is 12.1. The van der Waals surface area contributed by atoms with Crippen LogP contribution in [0.1, 0.15) is 80.1 Å². The van der Waals surface area contributed by atoms with Gasteiger partial charge in [0.25, 0.3) is 0 Å². The number of carbonyl (C=O) groups excluding carboxylic acids is 2. The van der Waals surface area contributed by atoms with E-state index in [4.69, 9.17) is 0 Å². The van der Waals surface area contributed by atoms with Gasteiger partial charge in [0.15, 0.2) is 0 Å². The van der Waals surface area contributed by atoms with E-state index in [1.165, 1.54) is 6.42 Å². The highest BCUT2D eigenvalue weighted by molar-refractivity contribution is 5.86. The molecular formula is C17H32O2. The highest BCUT2D eigenvalue weighted by Crippen LogP contribution is 2.34. The molecule has 0 bridgehead atoms. The van der Waals surface area contributed by atoms with Crippen molar-refractivity contribution >= 4 is 11.6 Å². The standard InChI is InChI=1S/C14H24O2.C3H8/c1-5-12(15)10-6-8-11(9-7-10)13(16)14(2,3)4;1-3-2/h10-11H,5-9H2,1-4H3;3H2,1-2H3. The molecule has 1 fully saturated rings. The summed E-state index contributed by atoms with van der Waals surface area (Å²) in [6.45, 7) is 12.1. The molecule has 0 aromatic carbocycles. The van der Waals surface area contributed by atoms with Gasteiger partial charge in [0.2, 0.25) is 0 Å². The summed E-state index contributed by atoms with van der Waals surface area (Å²) in [6, 6.07) is 0. The fraction of sp³-hybridized carbons (Fsp3) is 0.882. The summed E-state index contributed by atoms with van der Waals surface area (Å²) < 4.78 is 0. The summed E-state index contributed by atoms with van der Waals surface area (Å²) >= 11 is 0. The van der Waals surface area contributed by atoms with E-state index in [1.807, 2.05) is 27.7 Å². The van der Waals surface area contributed by atoms with Crippen LogP contribution >= 0.6 is 0 Å². The fourth-order valence-corrected chi connectivity index (χ4v) is 2.58. The molecule has 0 unspecified atom stereocenters. The molecule has 19 heavy (non-hydrogen) atoms. The van der Waals surface area contributed by atoms with Gasteiger partial charge in [-0.25, -0.2) is 0 Å². The molecule has 1 saturated carbocycles. The van der Waals surface area contributed by atoms with Crippen molar-refractivity contribution in [3.05, 3.63) is 0 Å². The van der Waals surface area contributed by atoms with Gasteiger partial charge in [-0.2, -0.15) is 0 Å². The molecule has 2 nitrogen and oxygen atoms in total. The highest BCUT2D eigenvalue weighted by atomic mass is 16.1. The molecule has 0 radical (unpaired) electrons. The lowest BCUT2D eigenvalue weighted by atomic mass is 9.72. The molecule has 2 heteroatoms. The molecule has 0 atom stereocenters. The molecule has 112 valence electrons. The number of rotatable bonds is 3. The Bertz CT molecular complexity index is 278. The quantitative estimate of drug-likeness (QED) is 0.736. The van der Waals surface area contributed by atoms with Crippen molar-refractivity contribution in [3.63, 3.8) is 0 Å². The first-order chi connectivity index (χ1) is 8.77. The second-order valence-corrected chi connectivity index (χ2v) is 6.69. The van der Waals surface area contributed by atoms with Crippen LogP contribution in [0.3, 0.4) is 0 Å². The van der Waals surface area contributed by atoms with Crippen molar-refractivity contribution in [2.45, 2.75) is 80.1 Å². The molecule has 0 aromatic heterocycles. The molecule has 0 amide bonds. The maximum Gasteiger partial charge on any atom is 0.141 e. The largest absolute Gasteiger partial charge is 0.299 e. The van der Waals surface area contributed by atoms with E-state index < -0.39 is 0 Å². The molecule has 1 rings (SSSR count). The van der Waals surface area contributed by atoms with Crippen LogP contribution in [0.5, 0.6) is 0 Å². The number of ketones is 2. The van der Waals surface area contributed by atoms with Crippen LogP contribution in [0.4, 0.5) is 0 Å². The number of carbonyl (C=O) groups is 2. The van der Waals surface area contributed by atoms with E-state index in [1.54, 1.807) is 0 Å². The first-order valence-corrected chi connectivity index (χ1v) is 7.84. The lowest BCUT2D eigenvalue weighted by molar-refractivity contribution is -0.133. The van der Waals surface area contributed by atoms with E-state index in [0.29, 0.717) is 18.0 Å². The van der Waals surface area contributed by atoms with E-state index in [9.17, 15) is 9.59 Å². The summed E-state index contributed by atoms with van der Waals surface area (Å²) in [7, 11) is 0. The van der Waals surface area contributed by atoms with E-state index >= 15 is 0 Å². The molecule has 0 heterocycles. The summed E-state index contributed by atoms with van der Waals surface area (Å²) in [5.41, 5.74) is -0.230. The first-order valence-electron chi connectivity index (χ1n) is 7.84. The van der Waals surface area contributed by atoms with E-state index in [0.717, 1.165) is 25.7 Å². The summed E-state index contributed by atoms with van der Waals surface area (Å²) in [6.07, 6.45) is 5.54. The van der Waals surface area contributed by atoms with Gasteiger partial charge in [-0.15, -0.1) is 0 Å². The minimum Gasteiger partial charge on any atom is -0.299 e. The number of hydrogen-bond acceptors (Lipinski definition) is 2. The first kappa shape index (κ1) is 18.3. The molecular weight excluding hydrogens is 236 g/mol. The predicted molar refractivity (Wildman–Crippen MR) is 81.2 cm³/mol. The lowest BCUT2D eigenvalue weighted by Crippen LogP contribution is -2.32. The second-order valence-electron chi connectivity index (χ2n) is 6.69. The zero-order chi connectivity index (χ0) is 15.1. The monoisotopic (exact) mass is 268 g/mol. The van der Waals surface area contributed by atoms with Crippen molar-refractivity contribution in [3.8, 4) is 0 Å². The Hall–Kier alpha value is -0.660. The maximum atomic E-state index is 12.1. The second kappa shape index (κ2) is 8.50. The number of hydrogen-bond donors (Lipinski definition) is 0. The van der Waals surface area contributed by atoms with Crippen LogP contribution in [0, 0.1) is 17.3 Å². The predicted octanol–water partition coefficient (Wildman–Crippen LogP) is 4.80. The molecule has 0 N–H and O–H groups in total. The summed E-state index contributed by atoms with van der Waals surface area (Å²) in [4.78, 5) is 23.6. The lowest BCUT2D eigenvalue weighted by Gasteiger charge is -2.30. The van der Waals surface area contributed by atoms with Crippen LogP contribution in [0.2, 0.25) is 0 Å². The Morgan fingerprint density at radius 3 is 1.58 bits per heavy atom. The van der Waals surface area contributed by atoms with Gasteiger partial charge in [-0.05, 0) is 25.7 Å². The topological polar surface area (TPSA) is 34.1 Å². The summed E-state index contributed by atoms with van der Waals surface area (Å²) in [5, 5.41) is 0. The van der Waals surface area contributed by atoms with Crippen molar-refractivity contribution in [2.24, 2.45) is 17.3 Å². The molecule has 0 aromatic rings. The van der Waals surface area contributed by atoms with Gasteiger partial charge in [0.05, 0.1) is 0 Å². The zero-order valence-electron chi connectivity index (χ0n) is 13.7. The van der Waals surface area contributed by atoms with Gasteiger partial charge in [-0.1, -0.05) is 48.0 Å². The van der Waals surface area contributed by atoms with Crippen molar-refractivity contribution in [2.75, 3.05) is 0 Å². The Labute approximate surface area is 119 Å². The van der Waals surface area contributed by atoms with Gasteiger partial charge in [0, 0.05) is 23.7 Å². The van der Waals surface area contributed by atoms with Gasteiger partial charge >= 0.3 is 0 Å².